The van der Waals surface area contributed by atoms with Crippen LogP contribution in [0.25, 0.3) is 0 Å². The number of ether oxygens (including phenoxy) is 1. The Morgan fingerprint density at radius 2 is 1.87 bits per heavy atom. The number of aliphatic imine (C=N–C) groups is 1. The lowest BCUT2D eigenvalue weighted by Gasteiger charge is -2.41. The van der Waals surface area contributed by atoms with Crippen LogP contribution in [0.3, 0.4) is 0 Å². The second kappa shape index (κ2) is 12.4. The summed E-state index contributed by atoms with van der Waals surface area (Å²) in [4.78, 5) is 12.0. The first-order chi connectivity index (χ1) is 14.4. The average molecular weight is 544 g/mol. The van der Waals surface area contributed by atoms with Crippen molar-refractivity contribution in [2.75, 3.05) is 66.5 Å². The molecule has 2 fully saturated rings. The molecule has 2 saturated heterocycles. The molecular formula is C24H42IN5O. The summed E-state index contributed by atoms with van der Waals surface area (Å²) in [5, 5.41) is 3.69. The number of morpholine rings is 1. The Hall–Kier alpha value is -0.900. The van der Waals surface area contributed by atoms with Crippen molar-refractivity contribution < 1.29 is 4.74 Å². The van der Waals surface area contributed by atoms with Gasteiger partial charge in [-0.3, -0.25) is 9.89 Å². The number of nitrogens with one attached hydrogen (secondary N) is 1. The first kappa shape index (κ1) is 26.4. The molecule has 3 rings (SSSR count). The Morgan fingerprint density at radius 1 is 1.16 bits per heavy atom. The number of aryl methyl sites for hydroxylation is 2. The number of hydrogen-bond donors (Lipinski definition) is 1. The molecule has 0 aromatic heterocycles. The molecule has 0 radical (unpaired) electrons. The van der Waals surface area contributed by atoms with Gasteiger partial charge in [0, 0.05) is 52.4 Å². The van der Waals surface area contributed by atoms with Crippen LogP contribution < -0.4 is 5.32 Å². The van der Waals surface area contributed by atoms with Gasteiger partial charge >= 0.3 is 0 Å². The number of rotatable bonds is 5. The zero-order chi connectivity index (χ0) is 21.7. The van der Waals surface area contributed by atoms with Crippen LogP contribution in [0.2, 0.25) is 0 Å². The van der Waals surface area contributed by atoms with Crippen molar-refractivity contribution in [1.29, 1.82) is 0 Å². The van der Waals surface area contributed by atoms with Gasteiger partial charge in [-0.15, -0.1) is 24.0 Å². The Kier molecular flexibility index (Phi) is 10.5. The first-order valence-corrected chi connectivity index (χ1v) is 11.5. The number of piperazine rings is 1. The molecule has 2 unspecified atom stereocenters. The minimum absolute atomic E-state index is 0. The van der Waals surface area contributed by atoms with Crippen LogP contribution in [0.1, 0.15) is 36.6 Å². The number of hydrogen-bond acceptors (Lipinski definition) is 4. The molecule has 6 nitrogen and oxygen atoms in total. The molecule has 0 amide bonds. The molecule has 31 heavy (non-hydrogen) atoms. The van der Waals surface area contributed by atoms with Crippen LogP contribution in [0.4, 0.5) is 0 Å². The molecule has 1 N–H and O–H groups in total. The fourth-order valence-corrected chi connectivity index (χ4v) is 4.68. The molecule has 1 aromatic carbocycles. The summed E-state index contributed by atoms with van der Waals surface area (Å²) in [6.07, 6.45) is 0.0939. The topological polar surface area (TPSA) is 43.3 Å². The van der Waals surface area contributed by atoms with E-state index >= 15 is 0 Å². The SMILES string of the molecule is CN=C(NCC(C(C)C)N1CCN(C)CC1)N1CCOC(c2ccc(C)cc2C)C1.I. The third-order valence-electron chi connectivity index (χ3n) is 6.60. The van der Waals surface area contributed by atoms with Crippen LogP contribution >= 0.6 is 24.0 Å². The van der Waals surface area contributed by atoms with Crippen molar-refractivity contribution in [3.05, 3.63) is 34.9 Å². The third kappa shape index (κ3) is 7.04. The third-order valence-corrected chi connectivity index (χ3v) is 6.60. The molecule has 2 aliphatic heterocycles. The fourth-order valence-electron chi connectivity index (χ4n) is 4.68. The number of halogens is 1. The van der Waals surface area contributed by atoms with Gasteiger partial charge in [-0.2, -0.15) is 0 Å². The van der Waals surface area contributed by atoms with Crippen molar-refractivity contribution in [2.45, 2.75) is 39.8 Å². The molecule has 0 spiro atoms. The zero-order valence-corrected chi connectivity index (χ0v) is 22.6. The molecule has 0 bridgehead atoms. The van der Waals surface area contributed by atoms with E-state index in [1.54, 1.807) is 0 Å². The lowest BCUT2D eigenvalue weighted by molar-refractivity contribution is -0.00855. The Labute approximate surface area is 206 Å². The zero-order valence-electron chi connectivity index (χ0n) is 20.2. The van der Waals surface area contributed by atoms with Gasteiger partial charge in [-0.1, -0.05) is 37.6 Å². The predicted octanol–water partition coefficient (Wildman–Crippen LogP) is 3.14. The molecule has 0 saturated carbocycles. The van der Waals surface area contributed by atoms with E-state index in [2.05, 4.69) is 78.0 Å². The van der Waals surface area contributed by atoms with Gasteiger partial charge in [0.2, 0.25) is 0 Å². The Morgan fingerprint density at radius 3 is 2.48 bits per heavy atom. The molecule has 0 aliphatic carbocycles. The van der Waals surface area contributed by atoms with Crippen molar-refractivity contribution in [3.63, 3.8) is 0 Å². The van der Waals surface area contributed by atoms with Gasteiger partial charge in [-0.05, 0) is 37.9 Å². The smallest absolute Gasteiger partial charge is 0.193 e. The maximum Gasteiger partial charge on any atom is 0.193 e. The molecule has 2 atom stereocenters. The minimum Gasteiger partial charge on any atom is -0.370 e. The van der Waals surface area contributed by atoms with E-state index in [0.717, 1.165) is 58.4 Å². The van der Waals surface area contributed by atoms with Gasteiger partial charge in [0.1, 0.15) is 6.10 Å². The lowest BCUT2D eigenvalue weighted by atomic mass is 10.00. The quantitative estimate of drug-likeness (QED) is 0.351. The van der Waals surface area contributed by atoms with E-state index < -0.39 is 0 Å². The standard InChI is InChI=1S/C24H41N5O.HI/c1-18(2)22(28-11-9-27(6)10-12-28)16-26-24(25-5)29-13-14-30-23(17-29)21-8-7-19(3)15-20(21)4;/h7-8,15,18,22-23H,9-14,16-17H2,1-6H3,(H,25,26);1H. The van der Waals surface area contributed by atoms with Crippen molar-refractivity contribution >= 4 is 29.9 Å². The van der Waals surface area contributed by atoms with Crippen molar-refractivity contribution in [1.82, 2.24) is 20.0 Å². The highest BCUT2D eigenvalue weighted by Gasteiger charge is 2.28. The van der Waals surface area contributed by atoms with Gasteiger partial charge in [0.25, 0.3) is 0 Å². The maximum atomic E-state index is 6.14. The van der Waals surface area contributed by atoms with Gasteiger partial charge in [0.05, 0.1) is 13.2 Å². The van der Waals surface area contributed by atoms with E-state index in [0.29, 0.717) is 12.0 Å². The summed E-state index contributed by atoms with van der Waals surface area (Å²) in [6, 6.07) is 7.17. The van der Waals surface area contributed by atoms with Crippen LogP contribution in [0.5, 0.6) is 0 Å². The highest BCUT2D eigenvalue weighted by Crippen LogP contribution is 2.26. The Balaban J connectivity index is 0.00000341. The molecule has 2 heterocycles. The molecule has 7 heteroatoms. The minimum atomic E-state index is 0. The monoisotopic (exact) mass is 543 g/mol. The first-order valence-electron chi connectivity index (χ1n) is 11.5. The maximum absolute atomic E-state index is 6.14. The highest BCUT2D eigenvalue weighted by atomic mass is 127. The summed E-state index contributed by atoms with van der Waals surface area (Å²) in [5.74, 6) is 1.60. The van der Waals surface area contributed by atoms with Crippen LogP contribution in [-0.2, 0) is 4.74 Å². The van der Waals surface area contributed by atoms with Crippen molar-refractivity contribution in [2.24, 2.45) is 10.9 Å². The second-order valence-corrected chi connectivity index (χ2v) is 9.24. The van der Waals surface area contributed by atoms with Crippen LogP contribution in [-0.4, -0.2) is 93.2 Å². The number of likely N-dealkylation sites (N-methyl/N-ethyl adjacent to an activating group) is 1. The van der Waals surface area contributed by atoms with Gasteiger partial charge in [-0.25, -0.2) is 0 Å². The van der Waals surface area contributed by atoms with E-state index in [-0.39, 0.29) is 30.1 Å². The van der Waals surface area contributed by atoms with E-state index in [9.17, 15) is 0 Å². The predicted molar refractivity (Wildman–Crippen MR) is 141 cm³/mol. The van der Waals surface area contributed by atoms with E-state index in [1.165, 1.54) is 16.7 Å². The van der Waals surface area contributed by atoms with E-state index in [1.807, 2.05) is 7.05 Å². The fraction of sp³-hybridized carbons (Fsp3) is 0.708. The summed E-state index contributed by atoms with van der Waals surface area (Å²) in [6.45, 7) is 17.0. The number of benzene rings is 1. The van der Waals surface area contributed by atoms with Gasteiger partial charge < -0.3 is 19.9 Å². The number of guanidine groups is 1. The second-order valence-electron chi connectivity index (χ2n) is 9.24. The van der Waals surface area contributed by atoms with Gasteiger partial charge in [0.15, 0.2) is 5.96 Å². The molecule has 1 aromatic rings. The summed E-state index contributed by atoms with van der Waals surface area (Å²) in [5.41, 5.74) is 3.89. The van der Waals surface area contributed by atoms with E-state index in [4.69, 9.17) is 4.74 Å². The highest BCUT2D eigenvalue weighted by molar-refractivity contribution is 14.0. The number of nitrogens with zero attached hydrogens (tertiary/aromatic N) is 4. The normalized spacial score (nSPS) is 22.4. The van der Waals surface area contributed by atoms with Crippen molar-refractivity contribution in [3.8, 4) is 0 Å². The summed E-state index contributed by atoms with van der Waals surface area (Å²) >= 11 is 0. The molecule has 176 valence electrons. The molecular weight excluding hydrogens is 501 g/mol. The Bertz CT molecular complexity index is 718. The van der Waals surface area contributed by atoms with Crippen LogP contribution in [0, 0.1) is 19.8 Å². The molecule has 2 aliphatic rings. The average Bonchev–Trinajstić information content (AvgIpc) is 2.72. The summed E-state index contributed by atoms with van der Waals surface area (Å²) in [7, 11) is 4.11. The largest absolute Gasteiger partial charge is 0.370 e. The summed E-state index contributed by atoms with van der Waals surface area (Å²) < 4.78 is 6.14. The lowest BCUT2D eigenvalue weighted by Crippen LogP contribution is -2.56. The van der Waals surface area contributed by atoms with Crippen LogP contribution in [0.15, 0.2) is 23.2 Å².